The quantitative estimate of drug-likeness (QED) is 0.202. The van der Waals surface area contributed by atoms with Gasteiger partial charge in [0.15, 0.2) is 6.21 Å². The average molecular weight is 95.1 g/mol. The third-order valence-electron chi connectivity index (χ3n) is 0.659. The van der Waals surface area contributed by atoms with Crippen LogP contribution in [0.5, 0.6) is 0 Å². The molecule has 38 valence electrons. The highest BCUT2D eigenvalue weighted by molar-refractivity contribution is 5.72. The van der Waals surface area contributed by atoms with Gasteiger partial charge in [0.25, 0.3) is 0 Å². The van der Waals surface area contributed by atoms with Crippen LogP contribution >= 0.6 is 0 Å². The highest BCUT2D eigenvalue weighted by Crippen LogP contribution is 1.80. The van der Waals surface area contributed by atoms with E-state index in [1.807, 2.05) is 6.92 Å². The zero-order valence-electron chi connectivity index (χ0n) is 4.47. The molecule has 0 atom stereocenters. The molecule has 7 heavy (non-hydrogen) atoms. The van der Waals surface area contributed by atoms with Crippen molar-refractivity contribution in [2.45, 2.75) is 13.8 Å². The molecule has 0 fully saturated rings. The molecule has 0 aromatic heterocycles. The zero-order valence-corrected chi connectivity index (χ0v) is 4.47. The maximum Gasteiger partial charge on any atom is 0.179 e. The molecule has 0 heterocycles. The van der Waals surface area contributed by atoms with Crippen LogP contribution in [0.25, 0.3) is 5.53 Å². The molecular formula is C5H7N2-. The fourth-order valence-electron chi connectivity index (χ4n) is 0.143. The van der Waals surface area contributed by atoms with Crippen molar-refractivity contribution in [2.75, 3.05) is 0 Å². The number of allylic oxidation sites excluding steroid dienone is 2. The molecule has 0 rings (SSSR count). The van der Waals surface area contributed by atoms with E-state index in [4.69, 9.17) is 5.53 Å². The molecule has 0 amide bonds. The maximum absolute atomic E-state index is 7.84. The standard InChI is InChI=1S/C5H7N2/c1-3-5(2)4-7-6/h3H,1-2H3/q-1/b5-3+. The fraction of sp³-hybridized carbons (Fsp3) is 0.400. The van der Waals surface area contributed by atoms with Gasteiger partial charge in [-0.2, -0.15) is 0 Å². The summed E-state index contributed by atoms with van der Waals surface area (Å²) in [4.78, 5) is 2.69. The van der Waals surface area contributed by atoms with Crippen molar-refractivity contribution >= 4 is 6.21 Å². The lowest BCUT2D eigenvalue weighted by molar-refractivity contribution is 0.00425. The van der Waals surface area contributed by atoms with E-state index in [1.54, 1.807) is 13.0 Å². The van der Waals surface area contributed by atoms with Gasteiger partial charge in [0.05, 0.1) is 0 Å². The van der Waals surface area contributed by atoms with Crippen LogP contribution in [0.1, 0.15) is 13.8 Å². The molecule has 0 aromatic carbocycles. The minimum atomic E-state index is 0.836. The maximum atomic E-state index is 7.84. The summed E-state index contributed by atoms with van der Waals surface area (Å²) >= 11 is 0. The predicted molar refractivity (Wildman–Crippen MR) is 28.1 cm³/mol. The molecule has 0 aliphatic heterocycles. The SMILES string of the molecule is C/C=C(\C)[C-]=[N+]=[N-]. The smallest absolute Gasteiger partial charge is 0.179 e. The highest BCUT2D eigenvalue weighted by atomic mass is 14.8. The van der Waals surface area contributed by atoms with Gasteiger partial charge in [0.1, 0.15) is 0 Å². The van der Waals surface area contributed by atoms with E-state index in [-0.39, 0.29) is 0 Å². The Morgan fingerprint density at radius 2 is 2.43 bits per heavy atom. The monoisotopic (exact) mass is 95.1 g/mol. The molecule has 0 aliphatic rings. The molecule has 0 bridgehead atoms. The summed E-state index contributed by atoms with van der Waals surface area (Å²) in [6.07, 6.45) is 4.14. The van der Waals surface area contributed by atoms with Crippen LogP contribution in [0.15, 0.2) is 11.6 Å². The summed E-state index contributed by atoms with van der Waals surface area (Å²) in [7, 11) is 0. The van der Waals surface area contributed by atoms with Crippen LogP contribution in [0.4, 0.5) is 0 Å². The van der Waals surface area contributed by atoms with Gasteiger partial charge >= 0.3 is 0 Å². The van der Waals surface area contributed by atoms with Gasteiger partial charge in [-0.25, -0.2) is 6.08 Å². The fourth-order valence-corrected chi connectivity index (χ4v) is 0.143. The lowest BCUT2D eigenvalue weighted by Gasteiger charge is -1.83. The Balaban J connectivity index is 3.82. The topological polar surface area (TPSA) is 36.4 Å². The normalized spacial score (nSPS) is 10.3. The summed E-state index contributed by atoms with van der Waals surface area (Å²) in [5, 5.41) is 0. The Labute approximate surface area is 43.1 Å². The second kappa shape index (κ2) is 3.32. The molecular weight excluding hydrogens is 88.1 g/mol. The molecule has 0 aromatic rings. The first-order chi connectivity index (χ1) is 3.31. The van der Waals surface area contributed by atoms with Crippen molar-refractivity contribution in [2.24, 2.45) is 0 Å². The average Bonchev–Trinajstić information content (AvgIpc) is 1.68. The van der Waals surface area contributed by atoms with Crippen molar-refractivity contribution < 1.29 is 4.79 Å². The van der Waals surface area contributed by atoms with E-state index >= 15 is 0 Å². The van der Waals surface area contributed by atoms with Crippen molar-refractivity contribution in [1.29, 1.82) is 0 Å². The van der Waals surface area contributed by atoms with Crippen molar-refractivity contribution in [3.8, 4) is 0 Å². The van der Waals surface area contributed by atoms with Gasteiger partial charge in [-0.05, 0) is 0 Å². The predicted octanol–water partition coefficient (Wildman–Crippen LogP) is 1.13. The van der Waals surface area contributed by atoms with E-state index in [2.05, 4.69) is 11.0 Å². The van der Waals surface area contributed by atoms with E-state index in [0.29, 0.717) is 0 Å². The zero-order chi connectivity index (χ0) is 5.70. The van der Waals surface area contributed by atoms with Gasteiger partial charge in [0.2, 0.25) is 0 Å². The van der Waals surface area contributed by atoms with Crippen LogP contribution in [0.2, 0.25) is 0 Å². The van der Waals surface area contributed by atoms with Crippen molar-refractivity contribution in [3.05, 3.63) is 17.2 Å². The summed E-state index contributed by atoms with van der Waals surface area (Å²) in [6.45, 7) is 3.66. The van der Waals surface area contributed by atoms with Gasteiger partial charge in [-0.15, -0.1) is 12.5 Å². The Bertz CT molecular complexity index is 118. The minimum Gasteiger partial charge on any atom is -0.385 e. The molecule has 0 N–H and O–H groups in total. The van der Waals surface area contributed by atoms with Crippen LogP contribution in [-0.2, 0) is 0 Å². The van der Waals surface area contributed by atoms with E-state index in [0.717, 1.165) is 5.57 Å². The van der Waals surface area contributed by atoms with Crippen LogP contribution < -0.4 is 0 Å². The third-order valence-corrected chi connectivity index (χ3v) is 0.659. The molecule has 2 nitrogen and oxygen atoms in total. The van der Waals surface area contributed by atoms with Crippen molar-refractivity contribution in [1.82, 2.24) is 0 Å². The van der Waals surface area contributed by atoms with Gasteiger partial charge < -0.3 is 5.53 Å². The first kappa shape index (κ1) is 6.12. The van der Waals surface area contributed by atoms with Crippen molar-refractivity contribution in [3.63, 3.8) is 0 Å². The van der Waals surface area contributed by atoms with E-state index in [9.17, 15) is 0 Å². The summed E-state index contributed by atoms with van der Waals surface area (Å²) in [5.74, 6) is 0. The summed E-state index contributed by atoms with van der Waals surface area (Å²) in [6, 6.07) is 0. The van der Waals surface area contributed by atoms with E-state index < -0.39 is 0 Å². The largest absolute Gasteiger partial charge is 0.385 e. The Hall–Kier alpha value is -0.880. The molecule has 0 spiro atoms. The first-order valence-electron chi connectivity index (χ1n) is 2.04. The molecule has 0 radical (unpaired) electrons. The number of nitrogens with zero attached hydrogens (tertiary/aromatic N) is 2. The molecule has 2 heteroatoms. The molecule has 0 unspecified atom stereocenters. The van der Waals surface area contributed by atoms with Gasteiger partial charge in [-0.3, -0.25) is 4.79 Å². The van der Waals surface area contributed by atoms with Crippen LogP contribution in [0, 0.1) is 0 Å². The summed E-state index contributed by atoms with van der Waals surface area (Å²) < 4.78 is 0. The first-order valence-corrected chi connectivity index (χ1v) is 2.04. The Kier molecular flexibility index (Phi) is 2.90. The second-order valence-electron chi connectivity index (χ2n) is 1.18. The van der Waals surface area contributed by atoms with Gasteiger partial charge in [-0.1, -0.05) is 6.92 Å². The van der Waals surface area contributed by atoms with Crippen LogP contribution in [-0.4, -0.2) is 11.0 Å². The lowest BCUT2D eigenvalue weighted by atomic mass is 10.3. The Morgan fingerprint density at radius 1 is 1.86 bits per heavy atom. The van der Waals surface area contributed by atoms with Gasteiger partial charge in [0, 0.05) is 0 Å². The third kappa shape index (κ3) is 2.94. The Morgan fingerprint density at radius 3 is 2.57 bits per heavy atom. The summed E-state index contributed by atoms with van der Waals surface area (Å²) in [5.41, 5.74) is 8.68. The minimum absolute atomic E-state index is 0.836. The highest BCUT2D eigenvalue weighted by Gasteiger charge is 1.66. The van der Waals surface area contributed by atoms with Crippen LogP contribution in [0.3, 0.4) is 0 Å². The molecule has 0 saturated carbocycles. The molecule has 0 saturated heterocycles. The number of hydrogen-bond donors (Lipinski definition) is 0. The lowest BCUT2D eigenvalue weighted by Crippen LogP contribution is -1.73. The molecule has 0 aliphatic carbocycles. The number of rotatable bonds is 1. The van der Waals surface area contributed by atoms with E-state index in [1.165, 1.54) is 0 Å². The second-order valence-corrected chi connectivity index (χ2v) is 1.18. The number of hydrogen-bond acceptors (Lipinski definition) is 0.